The van der Waals surface area contributed by atoms with Gasteiger partial charge in [-0.15, -0.1) is 12.4 Å². The Morgan fingerprint density at radius 2 is 1.83 bits per heavy atom. The van der Waals surface area contributed by atoms with Crippen molar-refractivity contribution in [1.29, 1.82) is 0 Å². The van der Waals surface area contributed by atoms with Gasteiger partial charge in [0.1, 0.15) is 0 Å². The highest BCUT2D eigenvalue weighted by Crippen LogP contribution is 2.34. The van der Waals surface area contributed by atoms with Crippen LogP contribution in [0, 0.1) is 17.8 Å². The molecule has 2 aliphatic heterocycles. The van der Waals surface area contributed by atoms with Gasteiger partial charge in [0.25, 0.3) is 0 Å². The van der Waals surface area contributed by atoms with Crippen LogP contribution < -0.4 is 5.32 Å². The molecule has 2 atom stereocenters. The summed E-state index contributed by atoms with van der Waals surface area (Å²) in [5, 5.41) is 3.38. The Hall–Kier alpha value is 0.160. The molecule has 3 fully saturated rings. The maximum absolute atomic E-state index is 12.2. The number of hydrogen-bond donors (Lipinski definition) is 1. The monoisotopic (exact) mass is 294 g/mol. The molecule has 0 amide bonds. The smallest absolute Gasteiger partial charge is 0.214 e. The van der Waals surface area contributed by atoms with Crippen molar-refractivity contribution >= 4 is 22.4 Å². The first kappa shape index (κ1) is 14.6. The summed E-state index contributed by atoms with van der Waals surface area (Å²) in [6, 6.07) is 0. The van der Waals surface area contributed by atoms with Gasteiger partial charge in [0.05, 0.1) is 5.75 Å². The second-order valence-electron chi connectivity index (χ2n) is 5.87. The normalized spacial score (nSPS) is 32.9. The second-order valence-corrected chi connectivity index (χ2v) is 7.96. The van der Waals surface area contributed by atoms with Crippen LogP contribution in [0.25, 0.3) is 0 Å². The molecule has 3 aliphatic rings. The van der Waals surface area contributed by atoms with Crippen LogP contribution in [0.1, 0.15) is 25.7 Å². The second kappa shape index (κ2) is 5.65. The average molecular weight is 295 g/mol. The number of sulfonamides is 1. The molecule has 1 saturated carbocycles. The highest BCUT2D eigenvalue weighted by atomic mass is 35.5. The summed E-state index contributed by atoms with van der Waals surface area (Å²) < 4.78 is 26.2. The van der Waals surface area contributed by atoms with Gasteiger partial charge in [0.15, 0.2) is 0 Å². The molecular weight excluding hydrogens is 272 g/mol. The molecular formula is C12H23ClN2O2S. The fourth-order valence-corrected chi connectivity index (χ4v) is 4.80. The van der Waals surface area contributed by atoms with Crippen molar-refractivity contribution in [3.8, 4) is 0 Å². The number of nitrogens with one attached hydrogen (secondary N) is 1. The zero-order valence-corrected chi connectivity index (χ0v) is 12.3. The minimum atomic E-state index is -2.97. The molecule has 1 N–H and O–H groups in total. The van der Waals surface area contributed by atoms with Crippen LogP contribution >= 0.6 is 12.4 Å². The quantitative estimate of drug-likeness (QED) is 0.844. The molecule has 0 aromatic heterocycles. The zero-order valence-electron chi connectivity index (χ0n) is 10.7. The lowest BCUT2D eigenvalue weighted by Crippen LogP contribution is -2.44. The van der Waals surface area contributed by atoms with Crippen molar-refractivity contribution in [2.45, 2.75) is 25.7 Å². The topological polar surface area (TPSA) is 49.4 Å². The predicted molar refractivity (Wildman–Crippen MR) is 74.4 cm³/mol. The van der Waals surface area contributed by atoms with E-state index in [2.05, 4.69) is 5.32 Å². The Morgan fingerprint density at radius 3 is 2.56 bits per heavy atom. The molecule has 0 spiro atoms. The van der Waals surface area contributed by atoms with E-state index < -0.39 is 10.0 Å². The summed E-state index contributed by atoms with van der Waals surface area (Å²) in [4.78, 5) is 0. The molecule has 0 bridgehead atoms. The summed E-state index contributed by atoms with van der Waals surface area (Å²) in [5.41, 5.74) is 0. The Morgan fingerprint density at radius 1 is 1.11 bits per heavy atom. The molecule has 1 aliphatic carbocycles. The third-order valence-electron chi connectivity index (χ3n) is 4.54. The Labute approximate surface area is 116 Å². The van der Waals surface area contributed by atoms with Gasteiger partial charge in [0.2, 0.25) is 10.0 Å². The lowest BCUT2D eigenvalue weighted by Gasteiger charge is -2.33. The van der Waals surface area contributed by atoms with Crippen molar-refractivity contribution in [2.24, 2.45) is 17.8 Å². The minimum absolute atomic E-state index is 0. The molecule has 106 valence electrons. The molecule has 0 aromatic rings. The zero-order chi connectivity index (χ0) is 11.9. The first-order valence-corrected chi connectivity index (χ1v) is 8.44. The standard InChI is InChI=1S/C12H22N2O2S.ClH/c15-17(16,6-4-10-1-2-10)14-5-3-11-7-13-8-12(11)9-14;/h10-13H,1-9H2;1H. The molecule has 4 nitrogen and oxygen atoms in total. The molecule has 6 heteroatoms. The summed E-state index contributed by atoms with van der Waals surface area (Å²) >= 11 is 0. The summed E-state index contributed by atoms with van der Waals surface area (Å²) in [6.07, 6.45) is 4.40. The van der Waals surface area contributed by atoms with E-state index in [-0.39, 0.29) is 12.4 Å². The molecule has 0 radical (unpaired) electrons. The Bertz CT molecular complexity index is 384. The third kappa shape index (κ3) is 3.18. The largest absolute Gasteiger partial charge is 0.316 e. The van der Waals surface area contributed by atoms with Crippen molar-refractivity contribution in [3.63, 3.8) is 0 Å². The van der Waals surface area contributed by atoms with E-state index in [0.717, 1.165) is 39.0 Å². The maximum atomic E-state index is 12.2. The van der Waals surface area contributed by atoms with Crippen LogP contribution in [0.3, 0.4) is 0 Å². The minimum Gasteiger partial charge on any atom is -0.316 e. The summed E-state index contributed by atoms with van der Waals surface area (Å²) in [5.74, 6) is 2.35. The van der Waals surface area contributed by atoms with Crippen LogP contribution in [-0.2, 0) is 10.0 Å². The molecule has 2 unspecified atom stereocenters. The average Bonchev–Trinajstić information content (AvgIpc) is 3.02. The number of rotatable bonds is 4. The van der Waals surface area contributed by atoms with Crippen LogP contribution in [0.4, 0.5) is 0 Å². The predicted octanol–water partition coefficient (Wildman–Crippen LogP) is 1.08. The van der Waals surface area contributed by atoms with Crippen LogP contribution in [0.15, 0.2) is 0 Å². The Balaban J connectivity index is 0.00000120. The molecule has 0 aromatic carbocycles. The van der Waals surface area contributed by atoms with Crippen molar-refractivity contribution in [3.05, 3.63) is 0 Å². The highest BCUT2D eigenvalue weighted by molar-refractivity contribution is 7.89. The van der Waals surface area contributed by atoms with E-state index in [9.17, 15) is 8.42 Å². The first-order valence-electron chi connectivity index (χ1n) is 6.84. The summed E-state index contributed by atoms with van der Waals surface area (Å²) in [6.45, 7) is 3.58. The van der Waals surface area contributed by atoms with Gasteiger partial charge in [-0.2, -0.15) is 0 Å². The number of fused-ring (bicyclic) bond motifs is 1. The SMILES string of the molecule is Cl.O=S(=O)(CCC1CC1)N1CCC2CNCC2C1. The van der Waals surface area contributed by atoms with E-state index in [4.69, 9.17) is 0 Å². The highest BCUT2D eigenvalue weighted by Gasteiger charge is 2.37. The van der Waals surface area contributed by atoms with Crippen molar-refractivity contribution < 1.29 is 8.42 Å². The van der Waals surface area contributed by atoms with Gasteiger partial charge in [-0.3, -0.25) is 0 Å². The van der Waals surface area contributed by atoms with E-state index >= 15 is 0 Å². The van der Waals surface area contributed by atoms with Gasteiger partial charge in [-0.25, -0.2) is 12.7 Å². The van der Waals surface area contributed by atoms with Crippen molar-refractivity contribution in [1.82, 2.24) is 9.62 Å². The first-order chi connectivity index (χ1) is 8.15. The lowest BCUT2D eigenvalue weighted by molar-refractivity contribution is 0.227. The van der Waals surface area contributed by atoms with Gasteiger partial charge < -0.3 is 5.32 Å². The van der Waals surface area contributed by atoms with E-state index in [0.29, 0.717) is 23.5 Å². The van der Waals surface area contributed by atoms with E-state index in [1.807, 2.05) is 0 Å². The fraction of sp³-hybridized carbons (Fsp3) is 1.00. The fourth-order valence-electron chi connectivity index (χ4n) is 3.11. The molecule has 3 rings (SSSR count). The number of piperidine rings is 1. The van der Waals surface area contributed by atoms with Gasteiger partial charge in [-0.1, -0.05) is 12.8 Å². The van der Waals surface area contributed by atoms with E-state index in [1.165, 1.54) is 12.8 Å². The van der Waals surface area contributed by atoms with E-state index in [1.54, 1.807) is 4.31 Å². The Kier molecular flexibility index (Phi) is 4.57. The number of halogens is 1. The van der Waals surface area contributed by atoms with Crippen LogP contribution in [-0.4, -0.2) is 44.7 Å². The van der Waals surface area contributed by atoms with Crippen molar-refractivity contribution in [2.75, 3.05) is 31.9 Å². The number of hydrogen-bond acceptors (Lipinski definition) is 3. The van der Waals surface area contributed by atoms with Gasteiger partial charge >= 0.3 is 0 Å². The molecule has 2 heterocycles. The number of nitrogens with zero attached hydrogens (tertiary/aromatic N) is 1. The maximum Gasteiger partial charge on any atom is 0.214 e. The van der Waals surface area contributed by atoms with Crippen LogP contribution in [0.5, 0.6) is 0 Å². The molecule has 18 heavy (non-hydrogen) atoms. The van der Waals surface area contributed by atoms with Gasteiger partial charge in [0, 0.05) is 13.1 Å². The van der Waals surface area contributed by atoms with Gasteiger partial charge in [-0.05, 0) is 43.7 Å². The molecule has 2 saturated heterocycles. The lowest BCUT2D eigenvalue weighted by atomic mass is 9.90. The van der Waals surface area contributed by atoms with Crippen LogP contribution in [0.2, 0.25) is 0 Å². The third-order valence-corrected chi connectivity index (χ3v) is 6.41. The summed E-state index contributed by atoms with van der Waals surface area (Å²) in [7, 11) is -2.97.